The van der Waals surface area contributed by atoms with Gasteiger partial charge in [0.05, 0.1) is 0 Å². The van der Waals surface area contributed by atoms with Crippen molar-refractivity contribution in [1.82, 2.24) is 5.32 Å². The number of nitrogens with one attached hydrogen (secondary N) is 1. The molecule has 4 N–H and O–H groups in total. The summed E-state index contributed by atoms with van der Waals surface area (Å²) in [6, 6.07) is -1.38. The molecule has 0 spiro atoms. The maximum absolute atomic E-state index is 12.4. The van der Waals surface area contributed by atoms with Gasteiger partial charge in [-0.05, 0) is 13.5 Å². The zero-order valence-corrected chi connectivity index (χ0v) is 7.85. The number of rotatable bonds is 4. The lowest BCUT2D eigenvalue weighted by Gasteiger charge is -2.33. The highest BCUT2D eigenvalue weighted by Crippen LogP contribution is 2.31. The molecule has 0 rings (SSSR count). The van der Waals surface area contributed by atoms with E-state index in [4.69, 9.17) is 10.8 Å². The third kappa shape index (κ3) is 2.16. The van der Waals surface area contributed by atoms with Crippen LogP contribution in [0.2, 0.25) is 0 Å². The van der Waals surface area contributed by atoms with Crippen molar-refractivity contribution in [2.45, 2.75) is 31.6 Å². The van der Waals surface area contributed by atoms with Gasteiger partial charge in [0, 0.05) is 6.04 Å². The van der Waals surface area contributed by atoms with Crippen molar-refractivity contribution in [1.29, 1.82) is 0 Å². The van der Waals surface area contributed by atoms with E-state index in [1.54, 1.807) is 6.92 Å². The first-order valence-electron chi connectivity index (χ1n) is 4.00. The standard InChI is InChI=1S/C7H13F3N2O2/c1-3-12-4(2)6(11,5(13)14)7(8,9)10/h4,12H,3,11H2,1-2H3,(H,13,14). The van der Waals surface area contributed by atoms with Gasteiger partial charge < -0.3 is 16.2 Å². The summed E-state index contributed by atoms with van der Waals surface area (Å²) in [7, 11) is 0. The molecule has 4 nitrogen and oxygen atoms in total. The van der Waals surface area contributed by atoms with Crippen LogP contribution in [0.5, 0.6) is 0 Å². The van der Waals surface area contributed by atoms with Crippen molar-refractivity contribution < 1.29 is 23.1 Å². The number of carboxylic acid groups (broad SMARTS) is 1. The van der Waals surface area contributed by atoms with E-state index in [1.165, 1.54) is 0 Å². The van der Waals surface area contributed by atoms with Crippen molar-refractivity contribution >= 4 is 5.97 Å². The molecule has 2 atom stereocenters. The minimum Gasteiger partial charge on any atom is -0.480 e. The first-order valence-corrected chi connectivity index (χ1v) is 4.00. The molecule has 0 heterocycles. The zero-order chi connectivity index (χ0) is 11.6. The van der Waals surface area contributed by atoms with Gasteiger partial charge in [0.25, 0.3) is 0 Å². The van der Waals surface area contributed by atoms with E-state index in [1.807, 2.05) is 0 Å². The second kappa shape index (κ2) is 4.14. The van der Waals surface area contributed by atoms with Crippen LogP contribution in [0, 0.1) is 0 Å². The lowest BCUT2D eigenvalue weighted by atomic mass is 9.91. The monoisotopic (exact) mass is 214 g/mol. The van der Waals surface area contributed by atoms with Crippen LogP contribution in [0.15, 0.2) is 0 Å². The average molecular weight is 214 g/mol. The van der Waals surface area contributed by atoms with E-state index in [-0.39, 0.29) is 6.54 Å². The maximum atomic E-state index is 12.4. The third-order valence-electron chi connectivity index (χ3n) is 2.02. The number of halogens is 3. The molecule has 0 aromatic heterocycles. The molecule has 2 unspecified atom stereocenters. The van der Waals surface area contributed by atoms with Gasteiger partial charge in [-0.3, -0.25) is 0 Å². The topological polar surface area (TPSA) is 75.3 Å². The van der Waals surface area contributed by atoms with Crippen molar-refractivity contribution in [3.05, 3.63) is 0 Å². The highest BCUT2D eigenvalue weighted by molar-refractivity contribution is 5.80. The molecule has 0 amide bonds. The largest absolute Gasteiger partial charge is 0.480 e. The molecule has 0 bridgehead atoms. The first-order chi connectivity index (χ1) is 6.17. The summed E-state index contributed by atoms with van der Waals surface area (Å²) in [4.78, 5) is 10.5. The van der Waals surface area contributed by atoms with Crippen molar-refractivity contribution in [3.63, 3.8) is 0 Å². The third-order valence-corrected chi connectivity index (χ3v) is 2.02. The summed E-state index contributed by atoms with van der Waals surface area (Å²) < 4.78 is 37.1. The summed E-state index contributed by atoms with van der Waals surface area (Å²) in [6.07, 6.45) is -4.99. The molecule has 0 saturated heterocycles. The fourth-order valence-electron chi connectivity index (χ4n) is 1.02. The number of alkyl halides is 3. The van der Waals surface area contributed by atoms with Crippen LogP contribution in [0.3, 0.4) is 0 Å². The van der Waals surface area contributed by atoms with E-state index in [2.05, 4.69) is 5.32 Å². The second-order valence-electron chi connectivity index (χ2n) is 2.95. The lowest BCUT2D eigenvalue weighted by Crippen LogP contribution is -2.69. The van der Waals surface area contributed by atoms with Crippen molar-refractivity contribution in [2.75, 3.05) is 6.54 Å². The summed E-state index contributed by atoms with van der Waals surface area (Å²) in [5.74, 6) is -2.08. The highest BCUT2D eigenvalue weighted by Gasteiger charge is 2.61. The Labute approximate surface area is 79.3 Å². The van der Waals surface area contributed by atoms with Gasteiger partial charge in [-0.1, -0.05) is 6.92 Å². The summed E-state index contributed by atoms with van der Waals surface area (Å²) >= 11 is 0. The minimum atomic E-state index is -4.99. The Hall–Kier alpha value is -0.820. The number of carbonyl (C=O) groups is 1. The molecule has 0 aromatic rings. The molecule has 0 aliphatic rings. The molecular weight excluding hydrogens is 201 g/mol. The number of hydrogen-bond acceptors (Lipinski definition) is 3. The zero-order valence-electron chi connectivity index (χ0n) is 7.85. The number of likely N-dealkylation sites (N-methyl/N-ethyl adjacent to an activating group) is 1. The molecule has 84 valence electrons. The number of aliphatic carboxylic acids is 1. The lowest BCUT2D eigenvalue weighted by molar-refractivity contribution is -0.207. The molecular formula is C7H13F3N2O2. The fraction of sp³-hybridized carbons (Fsp3) is 0.857. The smallest absolute Gasteiger partial charge is 0.418 e. The predicted molar refractivity (Wildman–Crippen MR) is 43.7 cm³/mol. The van der Waals surface area contributed by atoms with E-state index in [0.717, 1.165) is 6.92 Å². The number of hydrogen-bond donors (Lipinski definition) is 3. The number of nitrogens with two attached hydrogens (primary N) is 1. The fourth-order valence-corrected chi connectivity index (χ4v) is 1.02. The van der Waals surface area contributed by atoms with E-state index >= 15 is 0 Å². The first kappa shape index (κ1) is 13.2. The average Bonchev–Trinajstić information content (AvgIpc) is 2.00. The predicted octanol–water partition coefficient (Wildman–Crippen LogP) is 0.329. The maximum Gasteiger partial charge on any atom is 0.418 e. The summed E-state index contributed by atoms with van der Waals surface area (Å²) in [5, 5.41) is 10.8. The Balaban J connectivity index is 5.01. The Morgan fingerprint density at radius 2 is 2.00 bits per heavy atom. The Bertz CT molecular complexity index is 219. The van der Waals surface area contributed by atoms with Gasteiger partial charge in [0.2, 0.25) is 5.54 Å². The molecule has 0 aromatic carbocycles. The van der Waals surface area contributed by atoms with Crippen LogP contribution in [-0.4, -0.2) is 35.4 Å². The van der Waals surface area contributed by atoms with Gasteiger partial charge >= 0.3 is 12.1 Å². The van der Waals surface area contributed by atoms with E-state index in [0.29, 0.717) is 0 Å². The van der Waals surface area contributed by atoms with Crippen LogP contribution in [-0.2, 0) is 4.79 Å². The Morgan fingerprint density at radius 1 is 1.57 bits per heavy atom. The molecule has 0 aliphatic heterocycles. The van der Waals surface area contributed by atoms with Gasteiger partial charge in [-0.15, -0.1) is 0 Å². The van der Waals surface area contributed by atoms with Crippen molar-refractivity contribution in [3.8, 4) is 0 Å². The molecule has 7 heteroatoms. The Kier molecular flexibility index (Phi) is 3.90. The highest BCUT2D eigenvalue weighted by atomic mass is 19.4. The van der Waals surface area contributed by atoms with Crippen LogP contribution >= 0.6 is 0 Å². The second-order valence-corrected chi connectivity index (χ2v) is 2.95. The Morgan fingerprint density at radius 3 is 2.21 bits per heavy atom. The summed E-state index contributed by atoms with van der Waals surface area (Å²) in [6.45, 7) is 2.86. The van der Waals surface area contributed by atoms with Gasteiger partial charge in [-0.25, -0.2) is 4.79 Å². The SMILES string of the molecule is CCNC(C)C(N)(C(=O)O)C(F)(F)F. The normalized spacial score (nSPS) is 18.7. The minimum absolute atomic E-state index is 0.212. The number of carboxylic acids is 1. The van der Waals surface area contributed by atoms with Gasteiger partial charge in [0.1, 0.15) is 0 Å². The quantitative estimate of drug-likeness (QED) is 0.630. The summed E-state index contributed by atoms with van der Waals surface area (Å²) in [5.41, 5.74) is 1.61. The van der Waals surface area contributed by atoms with Crippen molar-refractivity contribution in [2.24, 2.45) is 5.73 Å². The molecule has 0 fully saturated rings. The van der Waals surface area contributed by atoms with Crippen LogP contribution in [0.25, 0.3) is 0 Å². The van der Waals surface area contributed by atoms with Gasteiger partial charge in [-0.2, -0.15) is 13.2 Å². The molecule has 0 aliphatic carbocycles. The van der Waals surface area contributed by atoms with E-state index in [9.17, 15) is 18.0 Å². The molecule has 0 radical (unpaired) electrons. The van der Waals surface area contributed by atoms with E-state index < -0.39 is 23.7 Å². The molecule has 0 saturated carbocycles. The van der Waals surface area contributed by atoms with Crippen LogP contribution in [0.4, 0.5) is 13.2 Å². The van der Waals surface area contributed by atoms with Crippen LogP contribution < -0.4 is 11.1 Å². The van der Waals surface area contributed by atoms with Crippen LogP contribution in [0.1, 0.15) is 13.8 Å². The van der Waals surface area contributed by atoms with Gasteiger partial charge in [0.15, 0.2) is 0 Å². The molecule has 14 heavy (non-hydrogen) atoms.